The van der Waals surface area contributed by atoms with Crippen LogP contribution < -0.4 is 9.64 Å². The molecule has 2 aromatic rings. The minimum absolute atomic E-state index is 0.187. The van der Waals surface area contributed by atoms with Crippen molar-refractivity contribution < 1.29 is 9.53 Å². The maximum absolute atomic E-state index is 12.9. The number of nitrogens with zero attached hydrogens (tertiary/aromatic N) is 2. The van der Waals surface area contributed by atoms with Crippen molar-refractivity contribution in [2.24, 2.45) is 0 Å². The molecule has 0 saturated carbocycles. The molecule has 0 bridgehead atoms. The smallest absolute Gasteiger partial charge is 0.264 e. The van der Waals surface area contributed by atoms with Crippen LogP contribution in [0.15, 0.2) is 30.3 Å². The third kappa shape index (κ3) is 3.88. The number of para-hydroxylation sites is 2. The normalized spacial score (nSPS) is 14.6. The molecule has 0 spiro atoms. The summed E-state index contributed by atoms with van der Waals surface area (Å²) in [6.07, 6.45) is 3.20. The zero-order chi connectivity index (χ0) is 18.5. The second-order valence-corrected chi connectivity index (χ2v) is 7.75. The van der Waals surface area contributed by atoms with Crippen LogP contribution >= 0.6 is 11.3 Å². The van der Waals surface area contributed by atoms with E-state index in [0.29, 0.717) is 0 Å². The number of aryl methyl sites for hydroxylation is 2. The van der Waals surface area contributed by atoms with Gasteiger partial charge in [-0.25, -0.2) is 0 Å². The van der Waals surface area contributed by atoms with Crippen molar-refractivity contribution in [2.45, 2.75) is 33.1 Å². The molecule has 0 unspecified atom stereocenters. The lowest BCUT2D eigenvalue weighted by atomic mass is 10.1. The zero-order valence-electron chi connectivity index (χ0n) is 16.0. The molecule has 0 N–H and O–H groups in total. The van der Waals surface area contributed by atoms with Gasteiger partial charge in [0.1, 0.15) is 5.75 Å². The summed E-state index contributed by atoms with van der Waals surface area (Å²) in [5.41, 5.74) is 2.45. The number of thiophene rings is 1. The maximum Gasteiger partial charge on any atom is 0.264 e. The fourth-order valence-corrected chi connectivity index (χ4v) is 4.83. The molecule has 1 amide bonds. The summed E-state index contributed by atoms with van der Waals surface area (Å²) in [4.78, 5) is 19.5. The van der Waals surface area contributed by atoms with Crippen molar-refractivity contribution in [3.05, 3.63) is 45.6 Å². The number of amides is 1. The van der Waals surface area contributed by atoms with Gasteiger partial charge in [-0.15, -0.1) is 11.3 Å². The van der Waals surface area contributed by atoms with Crippen LogP contribution in [0, 0.1) is 0 Å². The lowest BCUT2D eigenvalue weighted by molar-refractivity contribution is 0.0751. The van der Waals surface area contributed by atoms with E-state index in [9.17, 15) is 4.79 Å². The molecule has 1 aliphatic heterocycles. The first-order chi connectivity index (χ1) is 12.7. The van der Waals surface area contributed by atoms with Crippen molar-refractivity contribution in [2.75, 3.05) is 38.2 Å². The van der Waals surface area contributed by atoms with Crippen LogP contribution in [0.3, 0.4) is 0 Å². The highest BCUT2D eigenvalue weighted by atomic mass is 32.1. The fourth-order valence-electron chi connectivity index (χ4n) is 3.51. The second kappa shape index (κ2) is 8.58. The average molecular weight is 373 g/mol. The van der Waals surface area contributed by atoms with Gasteiger partial charge in [0.2, 0.25) is 0 Å². The van der Waals surface area contributed by atoms with E-state index < -0.39 is 0 Å². The van der Waals surface area contributed by atoms with Gasteiger partial charge in [0.15, 0.2) is 0 Å². The summed E-state index contributed by atoms with van der Waals surface area (Å²) in [5, 5.41) is 0. The van der Waals surface area contributed by atoms with Crippen LogP contribution in [0.4, 0.5) is 5.69 Å². The first kappa shape index (κ1) is 18.8. The monoisotopic (exact) mass is 372 g/mol. The molecule has 5 heteroatoms. The molecule has 1 fully saturated rings. The summed E-state index contributed by atoms with van der Waals surface area (Å²) in [6, 6.07) is 10.2. The van der Waals surface area contributed by atoms with Crippen LogP contribution in [0.25, 0.3) is 0 Å². The Hall–Kier alpha value is -2.01. The number of rotatable bonds is 6. The van der Waals surface area contributed by atoms with Crippen LogP contribution in [0.5, 0.6) is 5.75 Å². The number of benzene rings is 1. The number of hydrogen-bond donors (Lipinski definition) is 0. The van der Waals surface area contributed by atoms with Crippen molar-refractivity contribution in [3.8, 4) is 5.75 Å². The number of anilines is 1. The Morgan fingerprint density at radius 2 is 1.88 bits per heavy atom. The van der Waals surface area contributed by atoms with Gasteiger partial charge in [-0.3, -0.25) is 4.79 Å². The van der Waals surface area contributed by atoms with E-state index in [1.807, 2.05) is 23.1 Å². The lowest BCUT2D eigenvalue weighted by Crippen LogP contribution is -2.48. The van der Waals surface area contributed by atoms with Crippen molar-refractivity contribution in [1.29, 1.82) is 0 Å². The molecule has 4 nitrogen and oxygen atoms in total. The quantitative estimate of drug-likeness (QED) is 0.760. The molecule has 2 heterocycles. The summed E-state index contributed by atoms with van der Waals surface area (Å²) in [6.45, 7) is 7.53. The topological polar surface area (TPSA) is 32.8 Å². The Morgan fingerprint density at radius 1 is 1.15 bits per heavy atom. The van der Waals surface area contributed by atoms with Gasteiger partial charge in [-0.2, -0.15) is 0 Å². The van der Waals surface area contributed by atoms with Gasteiger partial charge in [0.25, 0.3) is 5.91 Å². The van der Waals surface area contributed by atoms with E-state index in [1.54, 1.807) is 18.4 Å². The van der Waals surface area contributed by atoms with Gasteiger partial charge in [0.05, 0.1) is 17.7 Å². The summed E-state index contributed by atoms with van der Waals surface area (Å²) in [7, 11) is 1.70. The van der Waals surface area contributed by atoms with Crippen molar-refractivity contribution in [1.82, 2.24) is 4.90 Å². The molecule has 0 atom stereocenters. The van der Waals surface area contributed by atoms with E-state index in [2.05, 4.69) is 30.9 Å². The summed E-state index contributed by atoms with van der Waals surface area (Å²) >= 11 is 1.69. The minimum Gasteiger partial charge on any atom is -0.495 e. The Morgan fingerprint density at radius 3 is 2.54 bits per heavy atom. The molecule has 0 radical (unpaired) electrons. The third-order valence-electron chi connectivity index (χ3n) is 4.96. The van der Waals surface area contributed by atoms with Crippen LogP contribution in [0.2, 0.25) is 0 Å². The van der Waals surface area contributed by atoms with Gasteiger partial charge in [0, 0.05) is 31.1 Å². The summed E-state index contributed by atoms with van der Waals surface area (Å²) < 4.78 is 5.47. The highest BCUT2D eigenvalue weighted by molar-refractivity contribution is 7.14. The van der Waals surface area contributed by atoms with E-state index in [-0.39, 0.29) is 5.91 Å². The number of hydrogen-bond acceptors (Lipinski definition) is 4. The molecular formula is C21H28N2O2S. The predicted molar refractivity (Wildman–Crippen MR) is 109 cm³/mol. The molecule has 1 saturated heterocycles. The van der Waals surface area contributed by atoms with Gasteiger partial charge < -0.3 is 14.5 Å². The standard InChI is InChI=1S/C21H28N2O2S/c1-4-8-19-16(5-2)15-20(26-19)21(24)23-13-11-22(12-14-23)17-9-6-7-10-18(17)25-3/h6-7,9-10,15H,4-5,8,11-14H2,1-3H3. The summed E-state index contributed by atoms with van der Waals surface area (Å²) in [5.74, 6) is 1.08. The molecule has 1 aromatic carbocycles. The maximum atomic E-state index is 12.9. The zero-order valence-corrected chi connectivity index (χ0v) is 16.8. The number of methoxy groups -OCH3 is 1. The van der Waals surface area contributed by atoms with Crippen molar-refractivity contribution in [3.63, 3.8) is 0 Å². The SMILES string of the molecule is CCCc1sc(C(=O)N2CCN(c3ccccc3OC)CC2)cc1CC. The van der Waals surface area contributed by atoms with Gasteiger partial charge >= 0.3 is 0 Å². The van der Waals surface area contributed by atoms with Crippen LogP contribution in [0.1, 0.15) is 40.4 Å². The lowest BCUT2D eigenvalue weighted by Gasteiger charge is -2.36. The van der Waals surface area contributed by atoms with E-state index >= 15 is 0 Å². The molecule has 140 valence electrons. The second-order valence-electron chi connectivity index (χ2n) is 6.61. The number of carbonyl (C=O) groups excluding carboxylic acids is 1. The first-order valence-electron chi connectivity index (χ1n) is 9.46. The fraction of sp³-hybridized carbons (Fsp3) is 0.476. The molecule has 0 aliphatic carbocycles. The van der Waals surface area contributed by atoms with E-state index in [1.165, 1.54) is 10.4 Å². The third-order valence-corrected chi connectivity index (χ3v) is 6.18. The van der Waals surface area contributed by atoms with E-state index in [4.69, 9.17) is 4.74 Å². The first-order valence-corrected chi connectivity index (χ1v) is 10.3. The number of carbonyl (C=O) groups is 1. The van der Waals surface area contributed by atoms with E-state index in [0.717, 1.165) is 61.8 Å². The van der Waals surface area contributed by atoms with Gasteiger partial charge in [-0.1, -0.05) is 32.4 Å². The average Bonchev–Trinajstić information content (AvgIpc) is 3.11. The molecule has 3 rings (SSSR count). The van der Waals surface area contributed by atoms with Crippen LogP contribution in [-0.2, 0) is 12.8 Å². The number of ether oxygens (including phenoxy) is 1. The van der Waals surface area contributed by atoms with Gasteiger partial charge in [-0.05, 0) is 36.6 Å². The largest absolute Gasteiger partial charge is 0.495 e. The minimum atomic E-state index is 0.187. The number of piperazine rings is 1. The Kier molecular flexibility index (Phi) is 6.20. The van der Waals surface area contributed by atoms with Crippen LogP contribution in [-0.4, -0.2) is 44.1 Å². The predicted octanol–water partition coefficient (Wildman–Crippen LogP) is 4.23. The molecule has 26 heavy (non-hydrogen) atoms. The highest BCUT2D eigenvalue weighted by Gasteiger charge is 2.25. The molecule has 1 aromatic heterocycles. The Balaban J connectivity index is 1.67. The molecule has 1 aliphatic rings. The molecular weight excluding hydrogens is 344 g/mol. The Bertz CT molecular complexity index is 748. The highest BCUT2D eigenvalue weighted by Crippen LogP contribution is 2.29. The van der Waals surface area contributed by atoms with Crippen molar-refractivity contribution >= 4 is 22.9 Å². The Labute approximate surface area is 160 Å².